The van der Waals surface area contributed by atoms with Gasteiger partial charge in [0, 0.05) is 30.9 Å². The van der Waals surface area contributed by atoms with Crippen LogP contribution in [0.15, 0.2) is 32.5 Å². The molecule has 0 atom stereocenters. The molecule has 0 aliphatic rings. The molecule has 2 aromatic rings. The van der Waals surface area contributed by atoms with Gasteiger partial charge in [0.15, 0.2) is 0 Å². The van der Waals surface area contributed by atoms with Crippen molar-refractivity contribution in [1.29, 1.82) is 0 Å². The largest absolute Gasteiger partial charge is 0.361 e. The van der Waals surface area contributed by atoms with Crippen LogP contribution in [-0.2, 0) is 16.6 Å². The summed E-state index contributed by atoms with van der Waals surface area (Å²) in [6, 6.07) is 2.62. The van der Waals surface area contributed by atoms with Crippen molar-refractivity contribution in [3.63, 3.8) is 0 Å². The third kappa shape index (κ3) is 3.37. The molecule has 2 heterocycles. The van der Waals surface area contributed by atoms with Gasteiger partial charge in [-0.15, -0.1) is 0 Å². The van der Waals surface area contributed by atoms with Crippen LogP contribution >= 0.6 is 0 Å². The quantitative estimate of drug-likeness (QED) is 0.797. The highest BCUT2D eigenvalue weighted by Gasteiger charge is 2.22. The minimum atomic E-state index is -3.61. The first-order valence-corrected chi connectivity index (χ1v) is 8.87. The van der Waals surface area contributed by atoms with Crippen LogP contribution in [0.4, 0.5) is 0 Å². The zero-order valence-electron chi connectivity index (χ0n) is 13.7. The number of rotatable bonds is 6. The number of aromatic nitrogens is 2. The molecule has 0 saturated carbocycles. The molecule has 0 N–H and O–H groups in total. The van der Waals surface area contributed by atoms with E-state index in [0.29, 0.717) is 24.5 Å². The topological polar surface area (TPSA) is 85.4 Å². The maximum atomic E-state index is 12.6. The highest BCUT2D eigenvalue weighted by Crippen LogP contribution is 2.16. The van der Waals surface area contributed by atoms with E-state index in [-0.39, 0.29) is 17.0 Å². The SMILES string of the molecule is CCN(CC)S(=O)(=O)c1ccc(=O)n(Cc2c(C)noc2C)c1. The van der Waals surface area contributed by atoms with Crippen molar-refractivity contribution in [2.24, 2.45) is 0 Å². The van der Waals surface area contributed by atoms with E-state index in [1.165, 1.54) is 27.2 Å². The third-order valence-corrected chi connectivity index (χ3v) is 5.84. The lowest BCUT2D eigenvalue weighted by Crippen LogP contribution is -2.32. The van der Waals surface area contributed by atoms with Crippen LogP contribution in [-0.4, -0.2) is 35.5 Å². The van der Waals surface area contributed by atoms with Gasteiger partial charge >= 0.3 is 0 Å². The molecule has 2 rings (SSSR count). The first-order valence-electron chi connectivity index (χ1n) is 7.43. The number of hydrogen-bond acceptors (Lipinski definition) is 5. The number of nitrogens with zero attached hydrogens (tertiary/aromatic N) is 3. The van der Waals surface area contributed by atoms with Crippen LogP contribution < -0.4 is 5.56 Å². The van der Waals surface area contributed by atoms with E-state index < -0.39 is 10.0 Å². The van der Waals surface area contributed by atoms with Crippen LogP contribution in [0.2, 0.25) is 0 Å². The van der Waals surface area contributed by atoms with Crippen LogP contribution in [0, 0.1) is 13.8 Å². The average Bonchev–Trinajstić information content (AvgIpc) is 2.82. The highest BCUT2D eigenvalue weighted by atomic mass is 32.2. The molecule has 0 aromatic carbocycles. The fraction of sp³-hybridized carbons (Fsp3) is 0.467. The minimum Gasteiger partial charge on any atom is -0.361 e. The maximum Gasteiger partial charge on any atom is 0.250 e. The van der Waals surface area contributed by atoms with Crippen LogP contribution in [0.3, 0.4) is 0 Å². The molecule has 0 aliphatic heterocycles. The summed E-state index contributed by atoms with van der Waals surface area (Å²) in [6.45, 7) is 8.08. The Morgan fingerprint density at radius 3 is 2.39 bits per heavy atom. The highest BCUT2D eigenvalue weighted by molar-refractivity contribution is 7.89. The molecule has 0 saturated heterocycles. The Morgan fingerprint density at radius 2 is 1.87 bits per heavy atom. The summed E-state index contributed by atoms with van der Waals surface area (Å²) in [5.74, 6) is 0.617. The second-order valence-corrected chi connectivity index (χ2v) is 7.16. The summed E-state index contributed by atoms with van der Waals surface area (Å²) in [5, 5.41) is 3.85. The van der Waals surface area contributed by atoms with Gasteiger partial charge in [-0.05, 0) is 19.9 Å². The van der Waals surface area contributed by atoms with Gasteiger partial charge in [-0.3, -0.25) is 4.79 Å². The van der Waals surface area contributed by atoms with Crippen LogP contribution in [0.25, 0.3) is 0 Å². The molecule has 0 bridgehead atoms. The summed E-state index contributed by atoms with van der Waals surface area (Å²) >= 11 is 0. The normalized spacial score (nSPS) is 12.0. The molecule has 0 radical (unpaired) electrons. The molecule has 23 heavy (non-hydrogen) atoms. The molecule has 0 fully saturated rings. The van der Waals surface area contributed by atoms with Gasteiger partial charge in [0.2, 0.25) is 10.0 Å². The second-order valence-electron chi connectivity index (χ2n) is 5.22. The molecule has 7 nitrogen and oxygen atoms in total. The predicted octanol–water partition coefficient (Wildman–Crippen LogP) is 1.53. The first kappa shape index (κ1) is 17.4. The number of sulfonamides is 1. The molecule has 8 heteroatoms. The van der Waals surface area contributed by atoms with E-state index in [2.05, 4.69) is 5.16 Å². The molecule has 126 valence electrons. The van der Waals surface area contributed by atoms with Crippen molar-refractivity contribution in [3.05, 3.63) is 45.7 Å². The van der Waals surface area contributed by atoms with Crippen molar-refractivity contribution in [1.82, 2.24) is 14.0 Å². The van der Waals surface area contributed by atoms with E-state index in [0.717, 1.165) is 5.56 Å². The van der Waals surface area contributed by atoms with Crippen LogP contribution in [0.5, 0.6) is 0 Å². The fourth-order valence-electron chi connectivity index (χ4n) is 2.40. The van der Waals surface area contributed by atoms with Gasteiger partial charge in [-0.2, -0.15) is 4.31 Å². The van der Waals surface area contributed by atoms with E-state index in [4.69, 9.17) is 4.52 Å². The lowest BCUT2D eigenvalue weighted by Gasteiger charge is -2.19. The van der Waals surface area contributed by atoms with Crippen molar-refractivity contribution in [2.75, 3.05) is 13.1 Å². The Balaban J connectivity index is 2.46. The van der Waals surface area contributed by atoms with E-state index in [1.54, 1.807) is 27.7 Å². The Morgan fingerprint density at radius 1 is 1.22 bits per heavy atom. The summed E-state index contributed by atoms with van der Waals surface area (Å²) < 4.78 is 33.0. The lowest BCUT2D eigenvalue weighted by molar-refractivity contribution is 0.392. The molecular weight excluding hydrogens is 318 g/mol. The van der Waals surface area contributed by atoms with Crippen molar-refractivity contribution in [3.8, 4) is 0 Å². The lowest BCUT2D eigenvalue weighted by atomic mass is 10.2. The number of pyridine rings is 1. The maximum absolute atomic E-state index is 12.6. The van der Waals surface area contributed by atoms with Gasteiger partial charge in [-0.25, -0.2) is 8.42 Å². The second kappa shape index (κ2) is 6.67. The van der Waals surface area contributed by atoms with Crippen molar-refractivity contribution >= 4 is 10.0 Å². The van der Waals surface area contributed by atoms with Crippen molar-refractivity contribution < 1.29 is 12.9 Å². The van der Waals surface area contributed by atoms with E-state index >= 15 is 0 Å². The summed E-state index contributed by atoms with van der Waals surface area (Å²) in [6.07, 6.45) is 1.38. The van der Waals surface area contributed by atoms with Gasteiger partial charge in [-0.1, -0.05) is 19.0 Å². The van der Waals surface area contributed by atoms with E-state index in [9.17, 15) is 13.2 Å². The Hall–Kier alpha value is -1.93. The smallest absolute Gasteiger partial charge is 0.250 e. The Bertz CT molecular complexity index is 828. The first-order chi connectivity index (χ1) is 10.8. The van der Waals surface area contributed by atoms with E-state index in [1.807, 2.05) is 0 Å². The predicted molar refractivity (Wildman–Crippen MR) is 85.9 cm³/mol. The molecule has 2 aromatic heterocycles. The van der Waals surface area contributed by atoms with Gasteiger partial charge in [0.05, 0.1) is 17.1 Å². The Kier molecular flexibility index (Phi) is 5.06. The summed E-state index contributed by atoms with van der Waals surface area (Å²) in [7, 11) is -3.61. The van der Waals surface area contributed by atoms with Gasteiger partial charge in [0.1, 0.15) is 5.76 Å². The zero-order valence-corrected chi connectivity index (χ0v) is 14.6. The summed E-state index contributed by atoms with van der Waals surface area (Å²) in [5.41, 5.74) is 1.19. The molecule has 0 spiro atoms. The standard InChI is InChI=1S/C15H21N3O4S/c1-5-18(6-2)23(20,21)13-7-8-15(19)17(9-13)10-14-11(3)16-22-12(14)4/h7-9H,5-6,10H2,1-4H3. The van der Waals surface area contributed by atoms with Crippen LogP contribution in [0.1, 0.15) is 30.9 Å². The molecular formula is C15H21N3O4S. The fourth-order valence-corrected chi connectivity index (χ4v) is 3.87. The average molecular weight is 339 g/mol. The third-order valence-electron chi connectivity index (χ3n) is 3.81. The summed E-state index contributed by atoms with van der Waals surface area (Å²) in [4.78, 5) is 12.2. The van der Waals surface area contributed by atoms with Crippen molar-refractivity contribution in [2.45, 2.75) is 39.1 Å². The van der Waals surface area contributed by atoms with Gasteiger partial charge < -0.3 is 9.09 Å². The van der Waals surface area contributed by atoms with Gasteiger partial charge in [0.25, 0.3) is 5.56 Å². The number of aryl methyl sites for hydroxylation is 2. The molecule has 0 aliphatic carbocycles. The Labute approximate surface area is 135 Å². The zero-order chi connectivity index (χ0) is 17.2. The minimum absolute atomic E-state index is 0.104. The number of hydrogen-bond donors (Lipinski definition) is 0. The molecule has 0 unspecified atom stereocenters. The molecule has 0 amide bonds. The monoisotopic (exact) mass is 339 g/mol.